The summed E-state index contributed by atoms with van der Waals surface area (Å²) >= 11 is 0. The van der Waals surface area contributed by atoms with Gasteiger partial charge in [-0.15, -0.1) is 0 Å². The highest BCUT2D eigenvalue weighted by atomic mass is 16.1. The number of aromatic amines is 2. The average molecular weight is 162 g/mol. The quantitative estimate of drug-likeness (QED) is 0.627. The van der Waals surface area contributed by atoms with Crippen LogP contribution in [0, 0.1) is 0 Å². The van der Waals surface area contributed by atoms with Gasteiger partial charge in [0.25, 0.3) is 5.56 Å². The van der Waals surface area contributed by atoms with Crippen LogP contribution in [0.3, 0.4) is 0 Å². The lowest BCUT2D eigenvalue weighted by Gasteiger charge is -1.92. The fourth-order valence-electron chi connectivity index (χ4n) is 0.885. The predicted octanol–water partition coefficient (Wildman–Crippen LogP) is 0.160. The molecule has 0 aliphatic heterocycles. The lowest BCUT2D eigenvalue weighted by molar-refractivity contribution is 1.09. The molecule has 0 radical (unpaired) electrons. The fraction of sp³-hybridized carbons (Fsp3) is 0. The minimum Gasteiger partial charge on any atom is -0.342 e. The number of hydrogen-bond donors (Lipinski definition) is 2. The van der Waals surface area contributed by atoms with Crippen molar-refractivity contribution in [3.05, 3.63) is 35.0 Å². The highest BCUT2D eigenvalue weighted by Crippen LogP contribution is 2.02. The Balaban J connectivity index is 2.55. The molecule has 2 rings (SSSR count). The van der Waals surface area contributed by atoms with E-state index >= 15 is 0 Å². The number of rotatable bonds is 1. The number of aromatic nitrogens is 4. The number of imidazole rings is 1. The highest BCUT2D eigenvalue weighted by Gasteiger charge is 1.99. The molecule has 0 bridgehead atoms. The predicted molar refractivity (Wildman–Crippen MR) is 42.4 cm³/mol. The molecule has 0 fully saturated rings. The molecule has 12 heavy (non-hydrogen) atoms. The molecule has 0 aromatic carbocycles. The number of nitrogens with one attached hydrogen (secondary N) is 2. The molecule has 0 aliphatic rings. The van der Waals surface area contributed by atoms with Gasteiger partial charge in [-0.3, -0.25) is 4.79 Å². The Morgan fingerprint density at radius 1 is 1.17 bits per heavy atom. The number of H-pyrrole nitrogens is 2. The van der Waals surface area contributed by atoms with E-state index in [1.165, 1.54) is 12.3 Å². The Hall–Kier alpha value is -1.91. The lowest BCUT2D eigenvalue weighted by atomic mass is 10.5. The average Bonchev–Trinajstić information content (AvgIpc) is 2.56. The van der Waals surface area contributed by atoms with Crippen molar-refractivity contribution in [1.29, 1.82) is 0 Å². The van der Waals surface area contributed by atoms with E-state index < -0.39 is 0 Å². The summed E-state index contributed by atoms with van der Waals surface area (Å²) < 4.78 is 0. The zero-order valence-corrected chi connectivity index (χ0v) is 6.11. The van der Waals surface area contributed by atoms with E-state index in [2.05, 4.69) is 19.9 Å². The Kier molecular flexibility index (Phi) is 1.48. The van der Waals surface area contributed by atoms with Crippen LogP contribution in [0.15, 0.2) is 29.5 Å². The van der Waals surface area contributed by atoms with E-state index in [0.29, 0.717) is 11.6 Å². The van der Waals surface area contributed by atoms with Gasteiger partial charge in [-0.05, 0) is 0 Å². The molecule has 2 aromatic rings. The first-order valence-electron chi connectivity index (χ1n) is 3.41. The fourth-order valence-corrected chi connectivity index (χ4v) is 0.885. The summed E-state index contributed by atoms with van der Waals surface area (Å²) in [6.45, 7) is 0. The van der Waals surface area contributed by atoms with Gasteiger partial charge in [-0.1, -0.05) is 0 Å². The van der Waals surface area contributed by atoms with Crippen LogP contribution in [0.2, 0.25) is 0 Å². The van der Waals surface area contributed by atoms with Gasteiger partial charge in [0, 0.05) is 24.7 Å². The monoisotopic (exact) mass is 162 g/mol. The smallest absolute Gasteiger partial charge is 0.251 e. The first-order chi connectivity index (χ1) is 5.86. The first-order valence-corrected chi connectivity index (χ1v) is 3.41. The third kappa shape index (κ3) is 1.12. The maximum absolute atomic E-state index is 10.8. The van der Waals surface area contributed by atoms with Crippen molar-refractivity contribution in [3.8, 4) is 11.6 Å². The van der Waals surface area contributed by atoms with Crippen LogP contribution < -0.4 is 5.56 Å². The minimum absolute atomic E-state index is 0.184. The molecule has 0 saturated carbocycles. The van der Waals surface area contributed by atoms with Crippen LogP contribution in [0.25, 0.3) is 11.6 Å². The molecule has 0 aliphatic carbocycles. The van der Waals surface area contributed by atoms with Gasteiger partial charge in [0.05, 0.1) is 0 Å². The van der Waals surface area contributed by atoms with E-state index in [-0.39, 0.29) is 5.56 Å². The van der Waals surface area contributed by atoms with Crippen LogP contribution in [-0.4, -0.2) is 19.9 Å². The summed E-state index contributed by atoms with van der Waals surface area (Å²) in [5.41, 5.74) is -0.184. The zero-order valence-electron chi connectivity index (χ0n) is 6.11. The van der Waals surface area contributed by atoms with Crippen LogP contribution in [0.1, 0.15) is 0 Å². The Morgan fingerprint density at radius 3 is 2.67 bits per heavy atom. The Bertz CT molecular complexity index is 417. The van der Waals surface area contributed by atoms with Gasteiger partial charge in [0.2, 0.25) is 0 Å². The van der Waals surface area contributed by atoms with Crippen molar-refractivity contribution >= 4 is 0 Å². The van der Waals surface area contributed by atoms with Gasteiger partial charge in [0.15, 0.2) is 11.6 Å². The lowest BCUT2D eigenvalue weighted by Crippen LogP contribution is -2.06. The van der Waals surface area contributed by atoms with Gasteiger partial charge in [-0.2, -0.15) is 0 Å². The molecule has 2 heterocycles. The summed E-state index contributed by atoms with van der Waals surface area (Å²) in [6.07, 6.45) is 4.71. The van der Waals surface area contributed by atoms with Crippen LogP contribution >= 0.6 is 0 Å². The molecule has 5 heteroatoms. The van der Waals surface area contributed by atoms with Gasteiger partial charge < -0.3 is 9.97 Å². The van der Waals surface area contributed by atoms with Gasteiger partial charge >= 0.3 is 0 Å². The van der Waals surface area contributed by atoms with Crippen molar-refractivity contribution in [1.82, 2.24) is 19.9 Å². The molecule has 0 amide bonds. The molecule has 0 saturated heterocycles. The Morgan fingerprint density at radius 2 is 2.00 bits per heavy atom. The largest absolute Gasteiger partial charge is 0.342 e. The van der Waals surface area contributed by atoms with Crippen molar-refractivity contribution in [3.63, 3.8) is 0 Å². The molecule has 2 aromatic heterocycles. The van der Waals surface area contributed by atoms with Crippen molar-refractivity contribution < 1.29 is 0 Å². The maximum atomic E-state index is 10.8. The molecule has 0 spiro atoms. The van der Waals surface area contributed by atoms with E-state index in [1.54, 1.807) is 12.4 Å². The molecule has 2 N–H and O–H groups in total. The highest BCUT2D eigenvalue weighted by molar-refractivity contribution is 5.40. The molecule has 60 valence electrons. The Labute approximate surface area is 67.5 Å². The summed E-state index contributed by atoms with van der Waals surface area (Å²) in [4.78, 5) is 24.1. The second-order valence-corrected chi connectivity index (χ2v) is 2.22. The number of nitrogens with zero attached hydrogens (tertiary/aromatic N) is 2. The van der Waals surface area contributed by atoms with Crippen molar-refractivity contribution in [2.24, 2.45) is 0 Å². The molecule has 0 unspecified atom stereocenters. The van der Waals surface area contributed by atoms with E-state index in [9.17, 15) is 4.79 Å². The summed E-state index contributed by atoms with van der Waals surface area (Å²) in [5.74, 6) is 1.01. The maximum Gasteiger partial charge on any atom is 0.251 e. The van der Waals surface area contributed by atoms with Gasteiger partial charge in [0.1, 0.15) is 0 Å². The SMILES string of the molecule is O=c1ccnc(-c2ncc[nH]2)[nH]1. The van der Waals surface area contributed by atoms with E-state index in [0.717, 1.165) is 0 Å². The van der Waals surface area contributed by atoms with Gasteiger partial charge in [-0.25, -0.2) is 9.97 Å². The second kappa shape index (κ2) is 2.61. The molecule has 0 atom stereocenters. The standard InChI is InChI=1S/C7H6N4O/c12-5-1-2-8-7(11-5)6-9-3-4-10-6/h1-4H,(H,9,10)(H,8,11,12). The van der Waals surface area contributed by atoms with Crippen molar-refractivity contribution in [2.45, 2.75) is 0 Å². The third-order valence-corrected chi connectivity index (χ3v) is 1.39. The van der Waals surface area contributed by atoms with Crippen LogP contribution in [-0.2, 0) is 0 Å². The van der Waals surface area contributed by atoms with E-state index in [4.69, 9.17) is 0 Å². The number of hydrogen-bond acceptors (Lipinski definition) is 3. The normalized spacial score (nSPS) is 10.0. The van der Waals surface area contributed by atoms with Crippen LogP contribution in [0.5, 0.6) is 0 Å². The summed E-state index contributed by atoms with van der Waals surface area (Å²) in [6, 6.07) is 1.35. The summed E-state index contributed by atoms with van der Waals surface area (Å²) in [5, 5.41) is 0. The molecular weight excluding hydrogens is 156 g/mol. The second-order valence-electron chi connectivity index (χ2n) is 2.22. The summed E-state index contributed by atoms with van der Waals surface area (Å²) in [7, 11) is 0. The topological polar surface area (TPSA) is 74.4 Å². The third-order valence-electron chi connectivity index (χ3n) is 1.39. The van der Waals surface area contributed by atoms with Crippen LogP contribution in [0.4, 0.5) is 0 Å². The molecular formula is C7H6N4O. The van der Waals surface area contributed by atoms with Crippen molar-refractivity contribution in [2.75, 3.05) is 0 Å². The van der Waals surface area contributed by atoms with E-state index in [1.807, 2.05) is 0 Å². The first kappa shape index (κ1) is 6.78. The molecule has 5 nitrogen and oxygen atoms in total. The minimum atomic E-state index is -0.184. The zero-order chi connectivity index (χ0) is 8.39.